The molecule has 0 radical (unpaired) electrons. The monoisotopic (exact) mass is 346 g/mol. The minimum absolute atomic E-state index is 0.168. The molecule has 0 aromatic rings. The zero-order valence-corrected chi connectivity index (χ0v) is 13.3. The fraction of sp³-hybridized carbons (Fsp3) is 0.500. The average molecular weight is 346 g/mol. The molecule has 0 aromatic carbocycles. The van der Waals surface area contributed by atoms with E-state index < -0.39 is 49.7 Å². The summed E-state index contributed by atoms with van der Waals surface area (Å²) in [5.41, 5.74) is 0.207. The van der Waals surface area contributed by atoms with Gasteiger partial charge in [-0.2, -0.15) is 0 Å². The number of ether oxygens (including phenoxy) is 5. The normalized spacial score (nSPS) is 9.42. The molecular formula is C14H18O10. The van der Waals surface area contributed by atoms with Gasteiger partial charge in [0.05, 0.1) is 0 Å². The van der Waals surface area contributed by atoms with Gasteiger partial charge < -0.3 is 23.7 Å². The summed E-state index contributed by atoms with van der Waals surface area (Å²) in [5, 5.41) is 0. The van der Waals surface area contributed by atoms with Crippen molar-refractivity contribution in [2.45, 2.75) is 13.8 Å². The molecule has 0 spiro atoms. The van der Waals surface area contributed by atoms with Crippen LogP contribution in [0.2, 0.25) is 0 Å². The summed E-state index contributed by atoms with van der Waals surface area (Å²) >= 11 is 0. The minimum Gasteiger partial charge on any atom is -0.460 e. The molecule has 0 heterocycles. The third-order valence-corrected chi connectivity index (χ3v) is 2.02. The van der Waals surface area contributed by atoms with Gasteiger partial charge in [0.15, 0.2) is 19.8 Å². The van der Waals surface area contributed by atoms with E-state index in [4.69, 9.17) is 0 Å². The van der Waals surface area contributed by atoms with Crippen molar-refractivity contribution in [2.75, 3.05) is 33.0 Å². The first-order valence-electron chi connectivity index (χ1n) is 6.65. The average Bonchev–Trinajstić information content (AvgIpc) is 2.52. The predicted molar refractivity (Wildman–Crippen MR) is 75.3 cm³/mol. The third-order valence-electron chi connectivity index (χ3n) is 2.02. The van der Waals surface area contributed by atoms with Gasteiger partial charge in [-0.05, 0) is 6.92 Å². The van der Waals surface area contributed by atoms with E-state index in [1.165, 1.54) is 6.92 Å². The van der Waals surface area contributed by atoms with E-state index in [1.54, 1.807) is 0 Å². The van der Waals surface area contributed by atoms with Crippen LogP contribution in [0.1, 0.15) is 13.8 Å². The highest BCUT2D eigenvalue weighted by molar-refractivity contribution is 5.86. The second-order valence-electron chi connectivity index (χ2n) is 4.24. The molecule has 0 N–H and O–H groups in total. The fourth-order valence-electron chi connectivity index (χ4n) is 0.977. The fourth-order valence-corrected chi connectivity index (χ4v) is 0.977. The van der Waals surface area contributed by atoms with Crippen LogP contribution in [0.25, 0.3) is 0 Å². The molecular weight excluding hydrogens is 328 g/mol. The van der Waals surface area contributed by atoms with Crippen LogP contribution < -0.4 is 0 Å². The van der Waals surface area contributed by atoms with Gasteiger partial charge in [-0.15, -0.1) is 0 Å². The molecule has 0 aliphatic rings. The van der Waals surface area contributed by atoms with Gasteiger partial charge in [0.2, 0.25) is 0 Å². The van der Waals surface area contributed by atoms with E-state index in [-0.39, 0.29) is 18.8 Å². The van der Waals surface area contributed by atoms with Crippen LogP contribution in [0.3, 0.4) is 0 Å². The largest absolute Gasteiger partial charge is 0.460 e. The Bertz CT molecular complexity index is 508. The zero-order chi connectivity index (χ0) is 18.5. The first kappa shape index (κ1) is 21.1. The molecule has 0 atom stereocenters. The van der Waals surface area contributed by atoms with Crippen molar-refractivity contribution in [2.24, 2.45) is 0 Å². The summed E-state index contributed by atoms with van der Waals surface area (Å²) in [6.07, 6.45) is 0. The molecule has 24 heavy (non-hydrogen) atoms. The number of hydrogen-bond acceptors (Lipinski definition) is 10. The van der Waals surface area contributed by atoms with Crippen molar-refractivity contribution in [3.05, 3.63) is 12.2 Å². The van der Waals surface area contributed by atoms with E-state index in [0.29, 0.717) is 0 Å². The van der Waals surface area contributed by atoms with Crippen LogP contribution in [0.5, 0.6) is 0 Å². The number of carbonyl (C=O) groups excluding carboxylic acids is 5. The smallest absolute Gasteiger partial charge is 0.344 e. The SMILES string of the molecule is C=C(C)C(=O)OCCOC(=O)COC(=O)COC(=O)COC(C)=O. The Morgan fingerprint density at radius 1 is 0.667 bits per heavy atom. The highest BCUT2D eigenvalue weighted by Gasteiger charge is 2.12. The second-order valence-corrected chi connectivity index (χ2v) is 4.24. The molecule has 0 bridgehead atoms. The standard InChI is InChI=1S/C14H18O10/c1-9(2)14(19)21-5-4-20-11(16)7-23-13(18)8-24-12(17)6-22-10(3)15/h1,4-8H2,2-3H3. The highest BCUT2D eigenvalue weighted by Crippen LogP contribution is 1.92. The van der Waals surface area contributed by atoms with E-state index in [9.17, 15) is 24.0 Å². The van der Waals surface area contributed by atoms with Crippen molar-refractivity contribution in [3.8, 4) is 0 Å². The Kier molecular flexibility index (Phi) is 10.2. The maximum atomic E-state index is 11.2. The lowest BCUT2D eigenvalue weighted by atomic mass is 10.4. The van der Waals surface area contributed by atoms with Crippen molar-refractivity contribution in [1.29, 1.82) is 0 Å². The van der Waals surface area contributed by atoms with Crippen LogP contribution in [0, 0.1) is 0 Å². The molecule has 0 unspecified atom stereocenters. The summed E-state index contributed by atoms with van der Waals surface area (Å²) in [4.78, 5) is 54.9. The van der Waals surface area contributed by atoms with Crippen LogP contribution in [0.4, 0.5) is 0 Å². The van der Waals surface area contributed by atoms with Crippen molar-refractivity contribution >= 4 is 29.8 Å². The second kappa shape index (κ2) is 11.6. The van der Waals surface area contributed by atoms with Gasteiger partial charge in [0, 0.05) is 12.5 Å². The lowest BCUT2D eigenvalue weighted by Gasteiger charge is -2.07. The molecule has 0 fully saturated rings. The highest BCUT2D eigenvalue weighted by atomic mass is 16.6. The van der Waals surface area contributed by atoms with Crippen LogP contribution in [-0.2, 0) is 47.7 Å². The van der Waals surface area contributed by atoms with Crippen molar-refractivity contribution in [1.82, 2.24) is 0 Å². The molecule has 10 nitrogen and oxygen atoms in total. The maximum absolute atomic E-state index is 11.2. The number of esters is 5. The molecule has 134 valence electrons. The number of carbonyl (C=O) groups is 5. The van der Waals surface area contributed by atoms with Crippen molar-refractivity contribution < 1.29 is 47.7 Å². The maximum Gasteiger partial charge on any atom is 0.344 e. The Morgan fingerprint density at radius 3 is 1.54 bits per heavy atom. The topological polar surface area (TPSA) is 132 Å². The number of hydrogen-bond donors (Lipinski definition) is 0. The molecule has 0 aromatic heterocycles. The third kappa shape index (κ3) is 11.7. The molecule has 0 saturated heterocycles. The Morgan fingerprint density at radius 2 is 1.08 bits per heavy atom. The summed E-state index contributed by atoms with van der Waals surface area (Å²) in [6.45, 7) is 3.48. The molecule has 0 aliphatic carbocycles. The lowest BCUT2D eigenvalue weighted by molar-refractivity contribution is -0.168. The van der Waals surface area contributed by atoms with Gasteiger partial charge >= 0.3 is 29.8 Å². The van der Waals surface area contributed by atoms with E-state index in [0.717, 1.165) is 6.92 Å². The zero-order valence-electron chi connectivity index (χ0n) is 13.3. The first-order chi connectivity index (χ1) is 11.2. The summed E-state index contributed by atoms with van der Waals surface area (Å²) in [6, 6.07) is 0. The Labute approximate surface area is 137 Å². The predicted octanol–water partition coefficient (Wildman–Crippen LogP) is -0.702. The first-order valence-corrected chi connectivity index (χ1v) is 6.65. The van der Waals surface area contributed by atoms with Crippen molar-refractivity contribution in [3.63, 3.8) is 0 Å². The summed E-state index contributed by atoms with van der Waals surface area (Å²) < 4.78 is 22.5. The Balaban J connectivity index is 3.73. The Hall–Kier alpha value is -2.91. The van der Waals surface area contributed by atoms with Gasteiger partial charge in [-0.25, -0.2) is 19.2 Å². The van der Waals surface area contributed by atoms with Crippen LogP contribution in [0.15, 0.2) is 12.2 Å². The summed E-state index contributed by atoms with van der Waals surface area (Å²) in [7, 11) is 0. The lowest BCUT2D eigenvalue weighted by Crippen LogP contribution is -2.24. The van der Waals surface area contributed by atoms with Crippen LogP contribution in [-0.4, -0.2) is 62.9 Å². The van der Waals surface area contributed by atoms with Crippen LogP contribution >= 0.6 is 0 Å². The summed E-state index contributed by atoms with van der Waals surface area (Å²) in [5.74, 6) is -4.10. The van der Waals surface area contributed by atoms with Gasteiger partial charge in [-0.3, -0.25) is 4.79 Å². The van der Waals surface area contributed by atoms with E-state index in [2.05, 4.69) is 30.3 Å². The van der Waals surface area contributed by atoms with Gasteiger partial charge in [-0.1, -0.05) is 6.58 Å². The van der Waals surface area contributed by atoms with Gasteiger partial charge in [0.1, 0.15) is 13.2 Å². The molecule has 0 rings (SSSR count). The molecule has 0 saturated carbocycles. The quantitative estimate of drug-likeness (QED) is 0.216. The molecule has 0 aliphatic heterocycles. The molecule has 10 heteroatoms. The minimum atomic E-state index is -0.989. The number of rotatable bonds is 10. The van der Waals surface area contributed by atoms with E-state index >= 15 is 0 Å². The molecule has 0 amide bonds. The van der Waals surface area contributed by atoms with Gasteiger partial charge in [0.25, 0.3) is 0 Å². The van der Waals surface area contributed by atoms with E-state index in [1.807, 2.05) is 0 Å².